The number of hydrogen-bond donors (Lipinski definition) is 0. The lowest BCUT2D eigenvalue weighted by molar-refractivity contribution is 0.325. The van der Waals surface area contributed by atoms with E-state index < -0.39 is 5.82 Å². The van der Waals surface area contributed by atoms with E-state index in [0.717, 1.165) is 0 Å². The summed E-state index contributed by atoms with van der Waals surface area (Å²) in [7, 11) is 0. The van der Waals surface area contributed by atoms with Crippen molar-refractivity contribution < 1.29 is 13.5 Å². The summed E-state index contributed by atoms with van der Waals surface area (Å²) in [6, 6.07) is 12.7. The first kappa shape index (κ1) is 18.1. The lowest BCUT2D eigenvalue weighted by Gasteiger charge is -2.09. The average Bonchev–Trinajstić information content (AvgIpc) is 3.03. The Morgan fingerprint density at radius 2 is 1.77 bits per heavy atom. The molecular weight excluding hydrogens is 356 g/mol. The van der Waals surface area contributed by atoms with Crippen LogP contribution in [-0.4, -0.2) is 27.1 Å². The highest BCUT2D eigenvalue weighted by Gasteiger charge is 2.16. The quantitative estimate of drug-likeness (QED) is 0.329. The maximum atomic E-state index is 14.1. The monoisotopic (exact) mass is 373 g/mol. The van der Waals surface area contributed by atoms with Gasteiger partial charge in [-0.25, -0.2) is 8.78 Å². The summed E-state index contributed by atoms with van der Waals surface area (Å²) >= 11 is 1.41. The summed E-state index contributed by atoms with van der Waals surface area (Å²) in [5.74, 6) is 0.452. The summed E-state index contributed by atoms with van der Waals surface area (Å²) in [5.41, 5.74) is 0.385. The molecule has 3 aromatic rings. The predicted octanol–water partition coefficient (Wildman–Crippen LogP) is 4.58. The van der Waals surface area contributed by atoms with E-state index in [9.17, 15) is 8.78 Å². The second-order valence-electron chi connectivity index (χ2n) is 5.31. The van der Waals surface area contributed by atoms with Crippen LogP contribution in [0.5, 0.6) is 5.75 Å². The molecule has 0 atom stereocenters. The van der Waals surface area contributed by atoms with Crippen molar-refractivity contribution >= 4 is 11.8 Å². The Labute approximate surface area is 154 Å². The molecule has 0 aliphatic heterocycles. The molecule has 0 N–H and O–H groups in total. The van der Waals surface area contributed by atoms with Gasteiger partial charge in [0.1, 0.15) is 5.82 Å². The van der Waals surface area contributed by atoms with Crippen LogP contribution in [0.3, 0.4) is 0 Å². The fourth-order valence-corrected chi connectivity index (χ4v) is 3.14. The zero-order valence-corrected chi connectivity index (χ0v) is 14.8. The Hall–Kier alpha value is -2.67. The summed E-state index contributed by atoms with van der Waals surface area (Å²) in [6.07, 6.45) is 1.70. The number of nitrogens with zero attached hydrogens (tertiary/aromatic N) is 3. The smallest absolute Gasteiger partial charge is 0.191 e. The highest BCUT2D eigenvalue weighted by molar-refractivity contribution is 7.99. The van der Waals surface area contributed by atoms with Crippen molar-refractivity contribution in [2.24, 2.45) is 0 Å². The topological polar surface area (TPSA) is 39.9 Å². The van der Waals surface area contributed by atoms with Gasteiger partial charge in [-0.1, -0.05) is 42.1 Å². The standard InChI is InChI=1S/C19H17F2N3OS/c1-2-11-24-18(14-7-3-4-8-15(14)20)22-23-19(24)26-13-12-25-17-10-6-5-9-16(17)21/h2-10H,1,11-13H2. The van der Waals surface area contributed by atoms with E-state index in [1.54, 1.807) is 47.0 Å². The van der Waals surface area contributed by atoms with Gasteiger partial charge >= 0.3 is 0 Å². The van der Waals surface area contributed by atoms with Crippen LogP contribution in [0, 0.1) is 11.6 Å². The first-order chi connectivity index (χ1) is 12.7. The number of hydrogen-bond acceptors (Lipinski definition) is 4. The van der Waals surface area contributed by atoms with Crippen molar-refractivity contribution in [3.63, 3.8) is 0 Å². The Morgan fingerprint density at radius 1 is 1.04 bits per heavy atom. The molecule has 0 fully saturated rings. The van der Waals surface area contributed by atoms with E-state index in [2.05, 4.69) is 16.8 Å². The molecule has 0 saturated heterocycles. The van der Waals surface area contributed by atoms with Gasteiger partial charge in [0.2, 0.25) is 0 Å². The highest BCUT2D eigenvalue weighted by Crippen LogP contribution is 2.26. The molecule has 0 aliphatic rings. The lowest BCUT2D eigenvalue weighted by Crippen LogP contribution is -2.05. The fraction of sp³-hybridized carbons (Fsp3) is 0.158. The van der Waals surface area contributed by atoms with Crippen LogP contribution in [0.1, 0.15) is 0 Å². The average molecular weight is 373 g/mol. The first-order valence-corrected chi connectivity index (χ1v) is 8.98. The fourth-order valence-electron chi connectivity index (χ4n) is 2.38. The number of ether oxygens (including phenoxy) is 1. The summed E-state index contributed by atoms with van der Waals surface area (Å²) in [4.78, 5) is 0. The number of aromatic nitrogens is 3. The van der Waals surface area contributed by atoms with Crippen molar-refractivity contribution in [1.29, 1.82) is 0 Å². The number of thioether (sulfide) groups is 1. The lowest BCUT2D eigenvalue weighted by atomic mass is 10.2. The zero-order chi connectivity index (χ0) is 18.4. The molecule has 4 nitrogen and oxygen atoms in total. The minimum atomic E-state index is -0.394. The number of allylic oxidation sites excluding steroid dienone is 1. The summed E-state index contributed by atoms with van der Waals surface area (Å²) in [5, 5.41) is 8.89. The van der Waals surface area contributed by atoms with Gasteiger partial charge in [-0.05, 0) is 24.3 Å². The molecule has 1 heterocycles. The van der Waals surface area contributed by atoms with Crippen molar-refractivity contribution in [3.05, 3.63) is 72.8 Å². The molecule has 26 heavy (non-hydrogen) atoms. The Morgan fingerprint density at radius 3 is 2.50 bits per heavy atom. The number of benzene rings is 2. The van der Waals surface area contributed by atoms with Crippen molar-refractivity contribution in [1.82, 2.24) is 14.8 Å². The Balaban J connectivity index is 1.69. The van der Waals surface area contributed by atoms with E-state index in [4.69, 9.17) is 4.74 Å². The van der Waals surface area contributed by atoms with Gasteiger partial charge in [0.25, 0.3) is 0 Å². The van der Waals surface area contributed by atoms with Crippen molar-refractivity contribution in [2.45, 2.75) is 11.7 Å². The van der Waals surface area contributed by atoms with Crippen LogP contribution >= 0.6 is 11.8 Å². The molecule has 0 unspecified atom stereocenters. The van der Waals surface area contributed by atoms with Crippen LogP contribution in [-0.2, 0) is 6.54 Å². The van der Waals surface area contributed by atoms with Crippen LogP contribution in [0.25, 0.3) is 11.4 Å². The normalized spacial score (nSPS) is 10.7. The van der Waals surface area contributed by atoms with Gasteiger partial charge in [0.05, 0.1) is 12.2 Å². The predicted molar refractivity (Wildman–Crippen MR) is 98.2 cm³/mol. The Kier molecular flexibility index (Phi) is 6.01. The third kappa shape index (κ3) is 4.11. The largest absolute Gasteiger partial charge is 0.490 e. The number of rotatable bonds is 8. The molecule has 3 rings (SSSR count). The van der Waals surface area contributed by atoms with Gasteiger partial charge in [-0.2, -0.15) is 0 Å². The molecule has 0 bridgehead atoms. The van der Waals surface area contributed by atoms with Crippen LogP contribution in [0.2, 0.25) is 0 Å². The SMILES string of the molecule is C=CCn1c(SCCOc2ccccc2F)nnc1-c1ccccc1F. The van der Waals surface area contributed by atoms with Crippen LogP contribution in [0.4, 0.5) is 8.78 Å². The maximum absolute atomic E-state index is 14.1. The zero-order valence-electron chi connectivity index (χ0n) is 13.9. The molecule has 0 aliphatic carbocycles. The van der Waals surface area contributed by atoms with Gasteiger partial charge in [0.15, 0.2) is 22.5 Å². The number of para-hydroxylation sites is 1. The molecule has 0 radical (unpaired) electrons. The first-order valence-electron chi connectivity index (χ1n) is 8.00. The van der Waals surface area contributed by atoms with Crippen molar-refractivity contribution in [3.8, 4) is 17.1 Å². The third-order valence-corrected chi connectivity index (χ3v) is 4.48. The van der Waals surface area contributed by atoms with Gasteiger partial charge in [-0.15, -0.1) is 16.8 Å². The minimum Gasteiger partial charge on any atom is -0.490 e. The molecule has 7 heteroatoms. The Bertz CT molecular complexity index is 898. The van der Waals surface area contributed by atoms with Gasteiger partial charge in [-0.3, -0.25) is 4.57 Å². The molecule has 0 spiro atoms. The van der Waals surface area contributed by atoms with Crippen molar-refractivity contribution in [2.75, 3.05) is 12.4 Å². The molecule has 134 valence electrons. The molecular formula is C19H17F2N3OS. The second kappa shape index (κ2) is 8.62. The molecule has 2 aromatic carbocycles. The van der Waals surface area contributed by atoms with Gasteiger partial charge in [0, 0.05) is 12.3 Å². The van der Waals surface area contributed by atoms with E-state index in [0.29, 0.717) is 35.4 Å². The molecule has 0 saturated carbocycles. The van der Waals surface area contributed by atoms with Crippen LogP contribution in [0.15, 0.2) is 66.3 Å². The molecule has 1 aromatic heterocycles. The molecule has 0 amide bonds. The minimum absolute atomic E-state index is 0.215. The van der Waals surface area contributed by atoms with E-state index in [1.807, 2.05) is 0 Å². The van der Waals surface area contributed by atoms with Gasteiger partial charge < -0.3 is 4.74 Å². The van der Waals surface area contributed by atoms with Crippen LogP contribution < -0.4 is 4.74 Å². The summed E-state index contributed by atoms with van der Waals surface area (Å²) < 4.78 is 34.8. The number of halogens is 2. The summed E-state index contributed by atoms with van der Waals surface area (Å²) in [6.45, 7) is 4.49. The van der Waals surface area contributed by atoms with E-state index >= 15 is 0 Å². The third-order valence-electron chi connectivity index (χ3n) is 3.55. The van der Waals surface area contributed by atoms with E-state index in [1.165, 1.54) is 23.9 Å². The maximum Gasteiger partial charge on any atom is 0.191 e. The highest BCUT2D eigenvalue weighted by atomic mass is 32.2. The second-order valence-corrected chi connectivity index (χ2v) is 6.37. The van der Waals surface area contributed by atoms with E-state index in [-0.39, 0.29) is 11.6 Å².